The predicted molar refractivity (Wildman–Crippen MR) is 82.4 cm³/mol. The van der Waals surface area contributed by atoms with Gasteiger partial charge in [0.25, 0.3) is 0 Å². The molecule has 21 heavy (non-hydrogen) atoms. The summed E-state index contributed by atoms with van der Waals surface area (Å²) in [4.78, 5) is 4.22. The average Bonchev–Trinajstić information content (AvgIpc) is 2.91. The lowest BCUT2D eigenvalue weighted by atomic mass is 9.83. The lowest BCUT2D eigenvalue weighted by Crippen LogP contribution is -2.34. The number of hydrogen-bond donors (Lipinski definition) is 1. The highest BCUT2D eigenvalue weighted by Gasteiger charge is 2.40. The lowest BCUT2D eigenvalue weighted by molar-refractivity contribution is -0.0624. The molecule has 1 atom stereocenters. The van der Waals surface area contributed by atoms with E-state index in [4.69, 9.17) is 9.47 Å². The van der Waals surface area contributed by atoms with E-state index in [1.807, 2.05) is 6.07 Å². The molecule has 1 aliphatic heterocycles. The van der Waals surface area contributed by atoms with Gasteiger partial charge in [0.1, 0.15) is 0 Å². The number of pyridine rings is 1. The van der Waals surface area contributed by atoms with Crippen LogP contribution < -0.4 is 10.1 Å². The molecule has 2 aliphatic rings. The van der Waals surface area contributed by atoms with Crippen molar-refractivity contribution in [2.75, 3.05) is 13.7 Å². The first-order valence-electron chi connectivity index (χ1n) is 8.18. The molecule has 1 aromatic rings. The Labute approximate surface area is 127 Å². The second-order valence-corrected chi connectivity index (χ2v) is 6.32. The smallest absolute Gasteiger partial charge is 0.217 e. The Balaban J connectivity index is 1.46. The fourth-order valence-electron chi connectivity index (χ4n) is 3.71. The van der Waals surface area contributed by atoms with Gasteiger partial charge in [-0.1, -0.05) is 25.3 Å². The highest BCUT2D eigenvalue weighted by molar-refractivity contribution is 5.24. The van der Waals surface area contributed by atoms with Gasteiger partial charge in [-0.05, 0) is 31.7 Å². The van der Waals surface area contributed by atoms with Crippen LogP contribution in [0, 0.1) is 0 Å². The zero-order valence-electron chi connectivity index (χ0n) is 12.9. The van der Waals surface area contributed by atoms with Gasteiger partial charge in [0, 0.05) is 24.8 Å². The Kier molecular flexibility index (Phi) is 4.76. The maximum atomic E-state index is 6.38. The molecular weight excluding hydrogens is 264 g/mol. The summed E-state index contributed by atoms with van der Waals surface area (Å²) in [5.41, 5.74) is 1.32. The summed E-state index contributed by atoms with van der Waals surface area (Å²) in [6.45, 7) is 1.70. The van der Waals surface area contributed by atoms with Crippen molar-refractivity contribution in [1.29, 1.82) is 0 Å². The molecule has 1 N–H and O–H groups in total. The standard InChI is InChI=1S/C17H26N2O2/c1-20-16-14(6-5-11-19-16)12-18-13-15-7-10-17(21-15)8-3-2-4-9-17/h5-6,11,15,18H,2-4,7-10,12-13H2,1H3. The number of ether oxygens (including phenoxy) is 2. The Morgan fingerprint density at radius 3 is 3.00 bits per heavy atom. The van der Waals surface area contributed by atoms with Gasteiger partial charge in [0.2, 0.25) is 5.88 Å². The molecule has 0 bridgehead atoms. The third-order valence-electron chi connectivity index (χ3n) is 4.83. The third-order valence-corrected chi connectivity index (χ3v) is 4.83. The van der Waals surface area contributed by atoms with Gasteiger partial charge in [-0.3, -0.25) is 0 Å². The average molecular weight is 290 g/mol. The number of rotatable bonds is 5. The van der Waals surface area contributed by atoms with Crippen molar-refractivity contribution in [3.05, 3.63) is 23.9 Å². The molecule has 116 valence electrons. The molecule has 3 rings (SSSR count). The summed E-state index contributed by atoms with van der Waals surface area (Å²) in [6.07, 6.45) is 11.2. The molecule has 2 fully saturated rings. The van der Waals surface area contributed by atoms with Gasteiger partial charge in [0.05, 0.1) is 18.8 Å². The predicted octanol–water partition coefficient (Wildman–Crippen LogP) is 3.06. The van der Waals surface area contributed by atoms with Crippen LogP contribution >= 0.6 is 0 Å². The minimum atomic E-state index is 0.219. The number of nitrogens with zero attached hydrogens (tertiary/aromatic N) is 1. The van der Waals surface area contributed by atoms with Crippen LogP contribution in [-0.2, 0) is 11.3 Å². The van der Waals surface area contributed by atoms with E-state index in [0.717, 1.165) is 18.7 Å². The second-order valence-electron chi connectivity index (χ2n) is 6.32. The molecule has 1 aliphatic carbocycles. The summed E-state index contributed by atoms with van der Waals surface area (Å²) in [5.74, 6) is 0.709. The van der Waals surface area contributed by atoms with Gasteiger partial charge in [-0.25, -0.2) is 4.98 Å². The van der Waals surface area contributed by atoms with E-state index in [2.05, 4.69) is 16.4 Å². The fourth-order valence-corrected chi connectivity index (χ4v) is 3.71. The first kappa shape index (κ1) is 14.8. The molecule has 2 heterocycles. The van der Waals surface area contributed by atoms with Crippen LogP contribution in [-0.4, -0.2) is 30.3 Å². The Hall–Kier alpha value is -1.13. The highest BCUT2D eigenvalue weighted by Crippen LogP contribution is 2.41. The number of methoxy groups -OCH3 is 1. The minimum absolute atomic E-state index is 0.219. The van der Waals surface area contributed by atoms with E-state index < -0.39 is 0 Å². The monoisotopic (exact) mass is 290 g/mol. The largest absolute Gasteiger partial charge is 0.481 e. The molecule has 1 unspecified atom stereocenters. The van der Waals surface area contributed by atoms with Crippen LogP contribution in [0.2, 0.25) is 0 Å². The van der Waals surface area contributed by atoms with Crippen LogP contribution in [0.5, 0.6) is 5.88 Å². The summed E-state index contributed by atoms with van der Waals surface area (Å²) >= 11 is 0. The number of nitrogens with one attached hydrogen (secondary N) is 1. The fraction of sp³-hybridized carbons (Fsp3) is 0.706. The van der Waals surface area contributed by atoms with E-state index in [1.54, 1.807) is 13.3 Å². The van der Waals surface area contributed by atoms with Crippen molar-refractivity contribution in [1.82, 2.24) is 10.3 Å². The molecule has 1 aromatic heterocycles. The van der Waals surface area contributed by atoms with Crippen LogP contribution in [0.15, 0.2) is 18.3 Å². The molecule has 1 saturated carbocycles. The van der Waals surface area contributed by atoms with Crippen LogP contribution in [0.25, 0.3) is 0 Å². The molecule has 0 amide bonds. The van der Waals surface area contributed by atoms with Crippen LogP contribution in [0.3, 0.4) is 0 Å². The van der Waals surface area contributed by atoms with Crippen molar-refractivity contribution in [2.24, 2.45) is 0 Å². The van der Waals surface area contributed by atoms with E-state index in [-0.39, 0.29) is 5.60 Å². The van der Waals surface area contributed by atoms with E-state index in [1.165, 1.54) is 44.9 Å². The Morgan fingerprint density at radius 1 is 1.33 bits per heavy atom. The molecule has 4 nitrogen and oxygen atoms in total. The normalized spacial score (nSPS) is 24.3. The highest BCUT2D eigenvalue weighted by atomic mass is 16.5. The number of aromatic nitrogens is 1. The zero-order chi connectivity index (χ0) is 14.5. The minimum Gasteiger partial charge on any atom is -0.481 e. The lowest BCUT2D eigenvalue weighted by Gasteiger charge is -2.33. The third kappa shape index (κ3) is 3.55. The SMILES string of the molecule is COc1ncccc1CNCC1CCC2(CCCCC2)O1. The van der Waals surface area contributed by atoms with Crippen molar-refractivity contribution in [3.8, 4) is 5.88 Å². The second kappa shape index (κ2) is 6.75. The van der Waals surface area contributed by atoms with Gasteiger partial charge < -0.3 is 14.8 Å². The van der Waals surface area contributed by atoms with Crippen LogP contribution in [0.1, 0.15) is 50.5 Å². The van der Waals surface area contributed by atoms with E-state index in [0.29, 0.717) is 12.0 Å². The van der Waals surface area contributed by atoms with Gasteiger partial charge in [0.15, 0.2) is 0 Å². The molecule has 1 spiro atoms. The van der Waals surface area contributed by atoms with Crippen molar-refractivity contribution in [2.45, 2.75) is 63.2 Å². The van der Waals surface area contributed by atoms with Gasteiger partial charge in [-0.15, -0.1) is 0 Å². The molecule has 0 radical (unpaired) electrons. The first-order chi connectivity index (χ1) is 10.3. The summed E-state index contributed by atoms with van der Waals surface area (Å²) < 4.78 is 11.7. The molecule has 1 saturated heterocycles. The Bertz CT molecular complexity index is 458. The maximum absolute atomic E-state index is 6.38. The van der Waals surface area contributed by atoms with Gasteiger partial charge >= 0.3 is 0 Å². The molecule has 0 aromatic carbocycles. The van der Waals surface area contributed by atoms with Crippen molar-refractivity contribution in [3.63, 3.8) is 0 Å². The van der Waals surface area contributed by atoms with Gasteiger partial charge in [-0.2, -0.15) is 0 Å². The van der Waals surface area contributed by atoms with Crippen LogP contribution in [0.4, 0.5) is 0 Å². The maximum Gasteiger partial charge on any atom is 0.217 e. The Morgan fingerprint density at radius 2 is 2.19 bits per heavy atom. The van der Waals surface area contributed by atoms with E-state index >= 15 is 0 Å². The first-order valence-corrected chi connectivity index (χ1v) is 8.18. The summed E-state index contributed by atoms with van der Waals surface area (Å²) in [7, 11) is 1.67. The topological polar surface area (TPSA) is 43.4 Å². The zero-order valence-corrected chi connectivity index (χ0v) is 12.9. The van der Waals surface area contributed by atoms with Crippen molar-refractivity contribution >= 4 is 0 Å². The molecular formula is C17H26N2O2. The summed E-state index contributed by atoms with van der Waals surface area (Å²) in [6, 6.07) is 4.00. The van der Waals surface area contributed by atoms with E-state index in [9.17, 15) is 0 Å². The van der Waals surface area contributed by atoms with Crippen molar-refractivity contribution < 1.29 is 9.47 Å². The number of hydrogen-bond acceptors (Lipinski definition) is 4. The quantitative estimate of drug-likeness (QED) is 0.905. The summed E-state index contributed by atoms with van der Waals surface area (Å²) in [5, 5.41) is 3.50. The molecule has 4 heteroatoms.